The molecule has 1 aromatic rings. The van der Waals surface area contributed by atoms with Gasteiger partial charge in [0, 0.05) is 5.54 Å². The smallest absolute Gasteiger partial charge is 0.176 e. The first-order valence-electron chi connectivity index (χ1n) is 6.07. The molecule has 0 saturated heterocycles. The van der Waals surface area contributed by atoms with Crippen LogP contribution in [0.3, 0.4) is 0 Å². The number of aryl methyl sites for hydroxylation is 1. The van der Waals surface area contributed by atoms with Gasteiger partial charge in [0.1, 0.15) is 11.9 Å². The molecule has 0 aliphatic heterocycles. The lowest BCUT2D eigenvalue weighted by atomic mass is 10.1. The van der Waals surface area contributed by atoms with Crippen molar-refractivity contribution in [3.8, 4) is 5.75 Å². The summed E-state index contributed by atoms with van der Waals surface area (Å²) in [6.45, 7) is 9.71. The topological polar surface area (TPSA) is 41.5 Å². The Balaban J connectivity index is 0.00000324. The van der Waals surface area contributed by atoms with Crippen molar-refractivity contribution >= 4 is 24.0 Å². The van der Waals surface area contributed by atoms with E-state index in [1.807, 2.05) is 39.8 Å². The van der Waals surface area contributed by atoms with Crippen LogP contribution in [0.4, 0.5) is 0 Å². The van der Waals surface area contributed by atoms with Crippen LogP contribution in [0.5, 0.6) is 5.75 Å². The van der Waals surface area contributed by atoms with Crippen LogP contribution in [0, 0.1) is 6.92 Å². The molecule has 110 valence electrons. The summed E-state index contributed by atoms with van der Waals surface area (Å²) in [6, 6.07) is 5.58. The van der Waals surface area contributed by atoms with E-state index < -0.39 is 12.3 Å². The Kier molecular flexibility index (Phi) is 7.16. The van der Waals surface area contributed by atoms with Gasteiger partial charge in [0.25, 0.3) is 0 Å². The largest absolute Gasteiger partial charge is 0.471 e. The molecule has 0 aliphatic carbocycles. The van der Waals surface area contributed by atoms with E-state index in [2.05, 4.69) is 5.32 Å². The number of rotatable bonds is 4. The number of ether oxygens (including phenoxy) is 1. The molecule has 2 N–H and O–H groups in total. The molecule has 0 heterocycles. The zero-order chi connectivity index (χ0) is 13.9. The summed E-state index contributed by atoms with van der Waals surface area (Å²) in [4.78, 5) is 0. The minimum absolute atomic E-state index is 0. The van der Waals surface area contributed by atoms with Crippen LogP contribution in [0.15, 0.2) is 18.2 Å². The highest BCUT2D eigenvalue weighted by Gasteiger charge is 2.23. The zero-order valence-electron chi connectivity index (χ0n) is 12.0. The standard InChI is InChI=1S/C14H22ClNO2.ClH/c1-9-6-7-11(15)12(8-9)18-13(10(2)17)16-14(3,4)5;/h6-8,10,13,16-17H,1-5H3;1H. The SMILES string of the molecule is Cc1ccc(Cl)c(OC(NC(C)(C)C)C(C)O)c1.Cl. The van der Waals surface area contributed by atoms with Gasteiger partial charge in [-0.15, -0.1) is 12.4 Å². The maximum atomic E-state index is 9.77. The summed E-state index contributed by atoms with van der Waals surface area (Å²) in [5, 5.41) is 13.5. The van der Waals surface area contributed by atoms with Crippen LogP contribution >= 0.6 is 24.0 Å². The molecule has 0 saturated carbocycles. The number of hydrogen-bond acceptors (Lipinski definition) is 3. The van der Waals surface area contributed by atoms with Gasteiger partial charge in [0.2, 0.25) is 0 Å². The van der Waals surface area contributed by atoms with E-state index in [0.29, 0.717) is 10.8 Å². The lowest BCUT2D eigenvalue weighted by Crippen LogP contribution is -2.51. The molecule has 0 aliphatic rings. The van der Waals surface area contributed by atoms with Crippen molar-refractivity contribution in [2.24, 2.45) is 0 Å². The Hall–Kier alpha value is -0.480. The van der Waals surface area contributed by atoms with E-state index in [4.69, 9.17) is 16.3 Å². The van der Waals surface area contributed by atoms with Gasteiger partial charge in [0.15, 0.2) is 6.23 Å². The summed E-state index contributed by atoms with van der Waals surface area (Å²) >= 11 is 6.08. The van der Waals surface area contributed by atoms with Crippen LogP contribution in [-0.4, -0.2) is 23.0 Å². The lowest BCUT2D eigenvalue weighted by Gasteiger charge is -2.31. The van der Waals surface area contributed by atoms with Crippen molar-refractivity contribution in [2.75, 3.05) is 0 Å². The summed E-state index contributed by atoms with van der Waals surface area (Å²) in [7, 11) is 0. The summed E-state index contributed by atoms with van der Waals surface area (Å²) < 4.78 is 5.77. The maximum Gasteiger partial charge on any atom is 0.176 e. The van der Waals surface area contributed by atoms with Crippen LogP contribution in [0.25, 0.3) is 0 Å². The molecular formula is C14H23Cl2NO2. The quantitative estimate of drug-likeness (QED) is 0.836. The Morgan fingerprint density at radius 3 is 2.37 bits per heavy atom. The van der Waals surface area contributed by atoms with E-state index in [-0.39, 0.29) is 17.9 Å². The van der Waals surface area contributed by atoms with Crippen molar-refractivity contribution in [3.63, 3.8) is 0 Å². The highest BCUT2D eigenvalue weighted by molar-refractivity contribution is 6.32. The van der Waals surface area contributed by atoms with Crippen molar-refractivity contribution in [1.82, 2.24) is 5.32 Å². The van der Waals surface area contributed by atoms with E-state index in [1.54, 1.807) is 13.0 Å². The third-order valence-corrected chi connectivity index (χ3v) is 2.67. The summed E-state index contributed by atoms with van der Waals surface area (Å²) in [5.74, 6) is 0.583. The predicted molar refractivity (Wildman–Crippen MR) is 82.4 cm³/mol. The Morgan fingerprint density at radius 1 is 1.32 bits per heavy atom. The molecule has 0 bridgehead atoms. The summed E-state index contributed by atoms with van der Waals surface area (Å²) in [6.07, 6.45) is -1.13. The second kappa shape index (κ2) is 7.34. The van der Waals surface area contributed by atoms with Crippen molar-refractivity contribution in [2.45, 2.75) is 52.5 Å². The molecule has 0 radical (unpaired) electrons. The highest BCUT2D eigenvalue weighted by Crippen LogP contribution is 2.26. The van der Waals surface area contributed by atoms with Crippen LogP contribution in [-0.2, 0) is 0 Å². The van der Waals surface area contributed by atoms with Gasteiger partial charge < -0.3 is 9.84 Å². The minimum Gasteiger partial charge on any atom is -0.471 e. The number of aliphatic hydroxyl groups excluding tert-OH is 1. The zero-order valence-corrected chi connectivity index (χ0v) is 13.6. The number of aliphatic hydroxyl groups is 1. The minimum atomic E-state index is -0.638. The first-order chi connectivity index (χ1) is 8.19. The number of hydrogen-bond donors (Lipinski definition) is 2. The van der Waals surface area contributed by atoms with Gasteiger partial charge in [0.05, 0.1) is 5.02 Å². The van der Waals surface area contributed by atoms with Crippen molar-refractivity contribution in [3.05, 3.63) is 28.8 Å². The highest BCUT2D eigenvalue weighted by atomic mass is 35.5. The first-order valence-corrected chi connectivity index (χ1v) is 6.45. The molecule has 0 fully saturated rings. The second-order valence-electron chi connectivity index (χ2n) is 5.61. The maximum absolute atomic E-state index is 9.77. The molecule has 19 heavy (non-hydrogen) atoms. The third-order valence-electron chi connectivity index (χ3n) is 2.35. The fraction of sp³-hybridized carbons (Fsp3) is 0.571. The molecule has 5 heteroatoms. The van der Waals surface area contributed by atoms with Crippen LogP contribution in [0.2, 0.25) is 5.02 Å². The molecule has 0 amide bonds. The fourth-order valence-corrected chi connectivity index (χ4v) is 1.68. The van der Waals surface area contributed by atoms with Gasteiger partial charge in [-0.05, 0) is 52.3 Å². The Bertz CT molecular complexity index is 403. The first kappa shape index (κ1) is 18.5. The van der Waals surface area contributed by atoms with Crippen LogP contribution < -0.4 is 10.1 Å². The van der Waals surface area contributed by atoms with Gasteiger partial charge in [-0.3, -0.25) is 5.32 Å². The number of benzene rings is 1. The molecule has 2 atom stereocenters. The van der Waals surface area contributed by atoms with E-state index in [0.717, 1.165) is 5.56 Å². The molecule has 1 aromatic carbocycles. The Labute approximate surface area is 126 Å². The molecular weight excluding hydrogens is 285 g/mol. The molecule has 3 nitrogen and oxygen atoms in total. The second-order valence-corrected chi connectivity index (χ2v) is 6.01. The van der Waals surface area contributed by atoms with Gasteiger partial charge in [-0.1, -0.05) is 17.7 Å². The normalized spacial score (nSPS) is 14.5. The van der Waals surface area contributed by atoms with Crippen molar-refractivity contribution < 1.29 is 9.84 Å². The number of halogens is 2. The van der Waals surface area contributed by atoms with Gasteiger partial charge >= 0.3 is 0 Å². The van der Waals surface area contributed by atoms with E-state index >= 15 is 0 Å². The Morgan fingerprint density at radius 2 is 1.89 bits per heavy atom. The average molecular weight is 308 g/mol. The lowest BCUT2D eigenvalue weighted by molar-refractivity contribution is 0.0113. The molecule has 0 spiro atoms. The number of nitrogens with one attached hydrogen (secondary N) is 1. The predicted octanol–water partition coefficient (Wildman–Crippen LogP) is 3.54. The average Bonchev–Trinajstić information content (AvgIpc) is 2.20. The van der Waals surface area contributed by atoms with Gasteiger partial charge in [-0.25, -0.2) is 0 Å². The van der Waals surface area contributed by atoms with Crippen molar-refractivity contribution in [1.29, 1.82) is 0 Å². The molecule has 1 rings (SSSR count). The molecule has 0 aromatic heterocycles. The molecule has 2 unspecified atom stereocenters. The summed E-state index contributed by atoms with van der Waals surface area (Å²) in [5.41, 5.74) is 0.910. The van der Waals surface area contributed by atoms with Gasteiger partial charge in [-0.2, -0.15) is 0 Å². The third kappa shape index (κ3) is 6.48. The van der Waals surface area contributed by atoms with Crippen LogP contribution in [0.1, 0.15) is 33.3 Å². The fourth-order valence-electron chi connectivity index (χ4n) is 1.51. The van der Waals surface area contributed by atoms with E-state index in [1.165, 1.54) is 0 Å². The monoisotopic (exact) mass is 307 g/mol. The van der Waals surface area contributed by atoms with E-state index in [9.17, 15) is 5.11 Å².